The number of rotatable bonds is 1. The first-order valence-corrected chi connectivity index (χ1v) is 4.46. The highest BCUT2D eigenvalue weighted by Gasteiger charge is 2.29. The molecule has 0 aliphatic heterocycles. The molecule has 70 valence electrons. The molecule has 1 fully saturated rings. The lowest BCUT2D eigenvalue weighted by Crippen LogP contribution is -2.31. The van der Waals surface area contributed by atoms with Gasteiger partial charge in [0.15, 0.2) is 0 Å². The Morgan fingerprint density at radius 3 is 2.75 bits per heavy atom. The van der Waals surface area contributed by atoms with Crippen LogP contribution in [0.3, 0.4) is 0 Å². The lowest BCUT2D eigenvalue weighted by atomic mass is 9.76. The van der Waals surface area contributed by atoms with Crippen molar-refractivity contribution in [3.8, 4) is 0 Å². The fraction of sp³-hybridized carbons (Fsp3) is 0.889. The minimum atomic E-state index is -0.641. The summed E-state index contributed by atoms with van der Waals surface area (Å²) in [5.41, 5.74) is 5.25. The minimum absolute atomic E-state index is 0.0475. The first-order chi connectivity index (χ1) is 5.49. The Labute approximate surface area is 73.3 Å². The predicted molar refractivity (Wildman–Crippen MR) is 46.7 cm³/mol. The molecule has 0 aromatic heterocycles. The number of carbonyl (C=O) groups excluding carboxylic acids is 1. The van der Waals surface area contributed by atoms with E-state index in [-0.39, 0.29) is 6.10 Å². The minimum Gasteiger partial charge on any atom is -0.446 e. The van der Waals surface area contributed by atoms with E-state index in [2.05, 4.69) is 13.8 Å². The molecule has 1 rings (SSSR count). The third-order valence-electron chi connectivity index (χ3n) is 2.44. The van der Waals surface area contributed by atoms with Crippen LogP contribution in [0.1, 0.15) is 39.5 Å². The van der Waals surface area contributed by atoms with E-state index in [0.29, 0.717) is 5.41 Å². The number of nitrogens with two attached hydrogens (primary N) is 1. The van der Waals surface area contributed by atoms with Gasteiger partial charge in [0.05, 0.1) is 0 Å². The van der Waals surface area contributed by atoms with E-state index in [1.807, 2.05) is 0 Å². The molecule has 1 aliphatic carbocycles. The zero-order valence-corrected chi connectivity index (χ0v) is 7.80. The van der Waals surface area contributed by atoms with Gasteiger partial charge in [-0.3, -0.25) is 0 Å². The highest BCUT2D eigenvalue weighted by Crippen LogP contribution is 2.36. The quantitative estimate of drug-likeness (QED) is 0.656. The third-order valence-corrected chi connectivity index (χ3v) is 2.44. The first-order valence-electron chi connectivity index (χ1n) is 4.46. The van der Waals surface area contributed by atoms with Crippen molar-refractivity contribution in [2.24, 2.45) is 11.1 Å². The number of hydrogen-bond acceptors (Lipinski definition) is 2. The van der Waals surface area contributed by atoms with Crippen molar-refractivity contribution in [1.82, 2.24) is 0 Å². The van der Waals surface area contributed by atoms with Crippen LogP contribution < -0.4 is 5.73 Å². The molecular formula is C9H17NO2. The third kappa shape index (κ3) is 2.72. The van der Waals surface area contributed by atoms with E-state index in [4.69, 9.17) is 10.5 Å². The maximum atomic E-state index is 10.5. The maximum absolute atomic E-state index is 10.5. The van der Waals surface area contributed by atoms with Crippen LogP contribution in [0.5, 0.6) is 0 Å². The second-order valence-corrected chi connectivity index (χ2v) is 4.32. The van der Waals surface area contributed by atoms with Crippen LogP contribution in [-0.2, 0) is 4.74 Å². The molecule has 0 aromatic carbocycles. The van der Waals surface area contributed by atoms with Crippen molar-refractivity contribution >= 4 is 6.09 Å². The van der Waals surface area contributed by atoms with Crippen LogP contribution >= 0.6 is 0 Å². The highest BCUT2D eigenvalue weighted by atomic mass is 16.6. The van der Waals surface area contributed by atoms with Gasteiger partial charge in [0, 0.05) is 0 Å². The average molecular weight is 171 g/mol. The Balaban J connectivity index is 2.41. The zero-order valence-electron chi connectivity index (χ0n) is 7.80. The van der Waals surface area contributed by atoms with Gasteiger partial charge in [0.2, 0.25) is 0 Å². The fourth-order valence-electron chi connectivity index (χ4n) is 1.89. The Morgan fingerprint density at radius 2 is 2.25 bits per heavy atom. The summed E-state index contributed by atoms with van der Waals surface area (Å²) in [6.45, 7) is 4.40. The average Bonchev–Trinajstić information content (AvgIpc) is 1.82. The van der Waals surface area contributed by atoms with Gasteiger partial charge in [0.25, 0.3) is 0 Å². The topological polar surface area (TPSA) is 52.3 Å². The molecule has 0 heterocycles. The number of primary amides is 1. The van der Waals surface area contributed by atoms with Crippen LogP contribution in [0, 0.1) is 5.41 Å². The monoisotopic (exact) mass is 171 g/mol. The van der Waals surface area contributed by atoms with E-state index in [1.165, 1.54) is 6.42 Å². The smallest absolute Gasteiger partial charge is 0.404 e. The lowest BCUT2D eigenvalue weighted by Gasteiger charge is -2.34. The van der Waals surface area contributed by atoms with Crippen LogP contribution in [-0.4, -0.2) is 12.2 Å². The summed E-state index contributed by atoms with van der Waals surface area (Å²) in [7, 11) is 0. The van der Waals surface area contributed by atoms with Gasteiger partial charge in [-0.2, -0.15) is 0 Å². The van der Waals surface area contributed by atoms with Crippen LogP contribution in [0.15, 0.2) is 0 Å². The molecule has 3 heteroatoms. The van der Waals surface area contributed by atoms with E-state index in [0.717, 1.165) is 19.3 Å². The van der Waals surface area contributed by atoms with Gasteiger partial charge < -0.3 is 10.5 Å². The molecule has 0 spiro atoms. The summed E-state index contributed by atoms with van der Waals surface area (Å²) in [6, 6.07) is 0. The fourth-order valence-corrected chi connectivity index (χ4v) is 1.89. The van der Waals surface area contributed by atoms with Crippen molar-refractivity contribution in [3.05, 3.63) is 0 Å². The summed E-state index contributed by atoms with van der Waals surface area (Å²) in [4.78, 5) is 10.5. The van der Waals surface area contributed by atoms with E-state index in [9.17, 15) is 4.79 Å². The lowest BCUT2D eigenvalue weighted by molar-refractivity contribution is 0.0433. The molecule has 1 aliphatic rings. The molecule has 3 nitrogen and oxygen atoms in total. The van der Waals surface area contributed by atoms with Crippen molar-refractivity contribution in [1.29, 1.82) is 0 Å². The van der Waals surface area contributed by atoms with Crippen molar-refractivity contribution in [2.45, 2.75) is 45.6 Å². The molecule has 0 saturated heterocycles. The van der Waals surface area contributed by atoms with E-state index in [1.54, 1.807) is 0 Å². The molecule has 1 saturated carbocycles. The summed E-state index contributed by atoms with van der Waals surface area (Å²) in [5, 5.41) is 0. The van der Waals surface area contributed by atoms with Crippen LogP contribution in [0.4, 0.5) is 4.79 Å². The van der Waals surface area contributed by atoms with Gasteiger partial charge >= 0.3 is 6.09 Å². The second kappa shape index (κ2) is 3.33. The largest absolute Gasteiger partial charge is 0.446 e. The van der Waals surface area contributed by atoms with Gasteiger partial charge in [0.1, 0.15) is 6.10 Å². The Kier molecular flexibility index (Phi) is 2.60. The molecule has 1 amide bonds. The number of carbonyl (C=O) groups is 1. The number of amides is 1. The van der Waals surface area contributed by atoms with Gasteiger partial charge in [-0.1, -0.05) is 13.8 Å². The highest BCUT2D eigenvalue weighted by molar-refractivity contribution is 5.64. The van der Waals surface area contributed by atoms with Crippen molar-refractivity contribution < 1.29 is 9.53 Å². The van der Waals surface area contributed by atoms with Gasteiger partial charge in [-0.05, 0) is 31.1 Å². The van der Waals surface area contributed by atoms with Crippen molar-refractivity contribution in [2.75, 3.05) is 0 Å². The standard InChI is InChI=1S/C9H17NO2/c1-9(2)5-3-4-7(6-9)12-8(10)11/h7H,3-6H2,1-2H3,(H2,10,11)/t7-/m1/s1. The predicted octanol–water partition coefficient (Wildman–Crippen LogP) is 2.05. The first kappa shape index (κ1) is 9.36. The summed E-state index contributed by atoms with van der Waals surface area (Å²) in [5.74, 6) is 0. The normalized spacial score (nSPS) is 28.0. The maximum Gasteiger partial charge on any atom is 0.404 e. The van der Waals surface area contributed by atoms with Gasteiger partial charge in [-0.25, -0.2) is 4.79 Å². The molecular weight excluding hydrogens is 154 g/mol. The van der Waals surface area contributed by atoms with Crippen LogP contribution in [0.25, 0.3) is 0 Å². The Bertz CT molecular complexity index is 177. The summed E-state index contributed by atoms with van der Waals surface area (Å²) in [6.07, 6.45) is 3.66. The van der Waals surface area contributed by atoms with Gasteiger partial charge in [-0.15, -0.1) is 0 Å². The molecule has 0 unspecified atom stereocenters. The zero-order chi connectivity index (χ0) is 9.19. The number of ether oxygens (including phenoxy) is 1. The SMILES string of the molecule is CC1(C)CCC[C@@H](OC(N)=O)C1. The Morgan fingerprint density at radius 1 is 1.58 bits per heavy atom. The summed E-state index contributed by atoms with van der Waals surface area (Å²) >= 11 is 0. The molecule has 2 N–H and O–H groups in total. The van der Waals surface area contributed by atoms with E-state index < -0.39 is 6.09 Å². The second-order valence-electron chi connectivity index (χ2n) is 4.32. The van der Waals surface area contributed by atoms with Crippen molar-refractivity contribution in [3.63, 3.8) is 0 Å². The number of hydrogen-bond donors (Lipinski definition) is 1. The van der Waals surface area contributed by atoms with E-state index >= 15 is 0 Å². The molecule has 12 heavy (non-hydrogen) atoms. The molecule has 0 bridgehead atoms. The Hall–Kier alpha value is -0.730. The van der Waals surface area contributed by atoms with Crippen LogP contribution in [0.2, 0.25) is 0 Å². The summed E-state index contributed by atoms with van der Waals surface area (Å²) < 4.78 is 4.97. The molecule has 1 atom stereocenters. The molecule has 0 radical (unpaired) electrons. The molecule has 0 aromatic rings.